The third-order valence-corrected chi connectivity index (χ3v) is 4.29. The Kier molecular flexibility index (Phi) is 39.4. The average molecular weight is 669 g/mol. The minimum Gasteiger partial charge on any atom is -1.00 e. The molecule has 0 bridgehead atoms. The normalized spacial score (nSPS) is 7.44. The molecule has 0 radical (unpaired) electrons. The largest absolute Gasteiger partial charge is 4.00 e. The van der Waals surface area contributed by atoms with E-state index < -0.39 is 0 Å². The summed E-state index contributed by atoms with van der Waals surface area (Å²) in [6, 6.07) is 29.1. The van der Waals surface area contributed by atoms with Gasteiger partial charge >= 0.3 is 52.4 Å². The van der Waals surface area contributed by atoms with Crippen molar-refractivity contribution in [3.8, 4) is 0 Å². The second-order valence-corrected chi connectivity index (χ2v) is 6.71. The Morgan fingerprint density at radius 3 is 0.750 bits per heavy atom. The maximum Gasteiger partial charge on any atom is 4.00 e. The predicted molar refractivity (Wildman–Crippen MR) is 117 cm³/mol. The van der Waals surface area contributed by atoms with Crippen LogP contribution in [0.3, 0.4) is 0 Å². The molecule has 0 heterocycles. The zero-order valence-corrected chi connectivity index (χ0v) is 27.5. The van der Waals surface area contributed by atoms with Crippen LogP contribution in [-0.2, 0) is 52.4 Å². The molecule has 0 N–H and O–H groups in total. The molecule has 0 atom stereocenters. The van der Waals surface area contributed by atoms with Crippen LogP contribution in [0.2, 0.25) is 0 Å². The predicted octanol–water partition coefficient (Wildman–Crippen LogP) is -4.52. The molecule has 0 aliphatic heterocycles. The summed E-state index contributed by atoms with van der Waals surface area (Å²) in [6.45, 7) is 12.6. The summed E-state index contributed by atoms with van der Waals surface area (Å²) < 4.78 is 0. The molecule has 0 aliphatic rings. The zero-order valence-electron chi connectivity index (χ0n) is 19.6. The maximum absolute atomic E-state index is 2.12. The summed E-state index contributed by atoms with van der Waals surface area (Å²) in [5.41, 5.74) is 8.24. The quantitative estimate of drug-likeness (QED) is 0.166. The minimum absolute atomic E-state index is 0. The number of halogens is 4. The number of hydrogen-bond donors (Lipinski definition) is 0. The Morgan fingerprint density at radius 1 is 0.438 bits per heavy atom. The van der Waals surface area contributed by atoms with Gasteiger partial charge in [-0.3, -0.25) is 0 Å². The number of rotatable bonds is 0. The van der Waals surface area contributed by atoms with E-state index in [1.54, 1.807) is 0 Å². The van der Waals surface area contributed by atoms with E-state index in [9.17, 15) is 0 Å². The fourth-order valence-electron chi connectivity index (χ4n) is 2.14. The van der Waals surface area contributed by atoms with Crippen molar-refractivity contribution in [3.05, 3.63) is 118 Å². The Morgan fingerprint density at radius 2 is 0.688 bits per heavy atom. The molecule has 0 saturated carbocycles. The van der Waals surface area contributed by atoms with Gasteiger partial charge in [0.05, 0.1) is 0 Å². The Labute approximate surface area is 259 Å². The first-order chi connectivity index (χ1) is 12.4. The molecule has 0 aromatic heterocycles. The molecule has 172 valence electrons. The second-order valence-electron chi connectivity index (χ2n) is 6.71. The van der Waals surface area contributed by atoms with Crippen LogP contribution < -0.4 is 49.6 Å². The van der Waals surface area contributed by atoms with Crippen molar-refractivity contribution in [1.29, 1.82) is 0 Å². The monoisotopic (exact) mass is 664 g/mol. The van der Waals surface area contributed by atoms with Gasteiger partial charge in [0.25, 0.3) is 0 Å². The molecule has 0 saturated heterocycles. The van der Waals surface area contributed by atoms with Crippen LogP contribution in [0.25, 0.3) is 0 Å². The second kappa shape index (κ2) is 27.6. The van der Waals surface area contributed by atoms with Crippen molar-refractivity contribution >= 4 is 0 Å². The summed E-state index contributed by atoms with van der Waals surface area (Å²) in [7, 11) is 0. The van der Waals surface area contributed by atoms with Gasteiger partial charge in [0.1, 0.15) is 0 Å². The molecule has 0 aliphatic carbocycles. The van der Waals surface area contributed by atoms with Crippen LogP contribution in [0.1, 0.15) is 33.4 Å². The zero-order chi connectivity index (χ0) is 19.4. The topological polar surface area (TPSA) is 0 Å². The fraction of sp³-hybridized carbons (Fsp3) is 0.231. The van der Waals surface area contributed by atoms with Gasteiger partial charge in [-0.25, -0.2) is 48.5 Å². The molecule has 4 rings (SSSR count). The van der Waals surface area contributed by atoms with Crippen molar-refractivity contribution in [2.24, 2.45) is 0 Å². The van der Waals surface area contributed by atoms with Gasteiger partial charge in [-0.05, 0) is 0 Å². The van der Waals surface area contributed by atoms with Crippen LogP contribution in [0.4, 0.5) is 0 Å². The standard InChI is InChI=1S/2C7H9.2C6H7.4ClH.2Zr/c2*1-6-4-3-5-7(6)2;2*1-6-4-2-3-5-6;;;;;;/h2*3-5H,1-2H3;2*2-5H,1H3;4*1H;;/q4*-1;;;;;2*+4/p-4. The van der Waals surface area contributed by atoms with Crippen molar-refractivity contribution in [3.63, 3.8) is 0 Å². The van der Waals surface area contributed by atoms with Crippen LogP contribution in [0.15, 0.2) is 84.9 Å². The molecule has 0 amide bonds. The van der Waals surface area contributed by atoms with Gasteiger partial charge in [-0.2, -0.15) is 69.8 Å². The van der Waals surface area contributed by atoms with Crippen molar-refractivity contribution in [2.75, 3.05) is 0 Å². The van der Waals surface area contributed by atoms with E-state index >= 15 is 0 Å². The molecule has 6 heteroatoms. The summed E-state index contributed by atoms with van der Waals surface area (Å²) in [5, 5.41) is 0. The first-order valence-electron chi connectivity index (χ1n) is 9.14. The van der Waals surface area contributed by atoms with Crippen LogP contribution in [0, 0.1) is 41.5 Å². The SMILES string of the molecule is C[c-]1cccc1.C[c-]1cccc1.Cc1ccc[c-]1C.Cc1ccc[c-]1C.[Cl-].[Cl-].[Cl-].[Cl-].[Zr+4].[Zr+4]. The molecule has 0 spiro atoms. The third kappa shape index (κ3) is 22.1. The average Bonchev–Trinajstić information content (AvgIpc) is 3.39. The van der Waals surface area contributed by atoms with E-state index in [1.807, 2.05) is 24.3 Å². The molecule has 4 aromatic rings. The molecule has 32 heavy (non-hydrogen) atoms. The van der Waals surface area contributed by atoms with E-state index in [0.29, 0.717) is 0 Å². The van der Waals surface area contributed by atoms with Gasteiger partial charge in [0.15, 0.2) is 0 Å². The first kappa shape index (κ1) is 45.8. The maximum atomic E-state index is 2.12. The van der Waals surface area contributed by atoms with E-state index in [4.69, 9.17) is 0 Å². The summed E-state index contributed by atoms with van der Waals surface area (Å²) in [5.74, 6) is 0. The molecule has 0 nitrogen and oxygen atoms in total. The minimum atomic E-state index is 0. The van der Waals surface area contributed by atoms with E-state index in [-0.39, 0.29) is 102 Å². The van der Waals surface area contributed by atoms with Crippen molar-refractivity contribution in [1.82, 2.24) is 0 Å². The van der Waals surface area contributed by atoms with E-state index in [0.717, 1.165) is 0 Å². The smallest absolute Gasteiger partial charge is 1.00 e. The van der Waals surface area contributed by atoms with Crippen LogP contribution in [-0.4, -0.2) is 0 Å². The third-order valence-electron chi connectivity index (χ3n) is 4.29. The van der Waals surface area contributed by atoms with Gasteiger partial charge in [-0.15, -0.1) is 0 Å². The van der Waals surface area contributed by atoms with Crippen molar-refractivity contribution < 1.29 is 102 Å². The van der Waals surface area contributed by atoms with Gasteiger partial charge in [0, 0.05) is 0 Å². The summed E-state index contributed by atoms with van der Waals surface area (Å²) >= 11 is 0. The Hall–Kier alpha value is 0.326. The first-order valence-corrected chi connectivity index (χ1v) is 9.14. The van der Waals surface area contributed by atoms with Gasteiger partial charge in [-0.1, -0.05) is 41.5 Å². The van der Waals surface area contributed by atoms with Gasteiger partial charge in [0.2, 0.25) is 0 Å². The molecular weight excluding hydrogens is 637 g/mol. The summed E-state index contributed by atoms with van der Waals surface area (Å²) in [4.78, 5) is 0. The Balaban J connectivity index is -0.0000000664. The number of hydrogen-bond acceptors (Lipinski definition) is 0. The molecule has 4 aromatic carbocycles. The van der Waals surface area contributed by atoms with Crippen molar-refractivity contribution in [2.45, 2.75) is 41.5 Å². The van der Waals surface area contributed by atoms with Gasteiger partial charge < -0.3 is 49.6 Å². The summed E-state index contributed by atoms with van der Waals surface area (Å²) in [6.07, 6.45) is 0. The molecule has 0 unspecified atom stereocenters. The molecular formula is C26H32Cl4Zr2. The van der Waals surface area contributed by atoms with E-state index in [1.165, 1.54) is 33.4 Å². The molecule has 0 fully saturated rings. The fourth-order valence-corrected chi connectivity index (χ4v) is 2.14. The number of aryl methyl sites for hydroxylation is 6. The van der Waals surface area contributed by atoms with Crippen LogP contribution >= 0.6 is 0 Å². The Bertz CT molecular complexity index is 710. The van der Waals surface area contributed by atoms with E-state index in [2.05, 4.69) is 102 Å². The van der Waals surface area contributed by atoms with Crippen LogP contribution in [0.5, 0.6) is 0 Å².